The van der Waals surface area contributed by atoms with E-state index in [4.69, 9.17) is 5.73 Å². The number of piperazine rings is 1. The Morgan fingerprint density at radius 3 is 2.11 bits per heavy atom. The molecule has 1 aromatic carbocycles. The van der Waals surface area contributed by atoms with Crippen LogP contribution in [0.5, 0.6) is 0 Å². The molecule has 0 aromatic heterocycles. The van der Waals surface area contributed by atoms with Crippen LogP contribution in [-0.2, 0) is 4.79 Å². The highest BCUT2D eigenvalue weighted by Crippen LogP contribution is 2.11. The quantitative estimate of drug-likeness (QED) is 0.806. The normalized spacial score (nSPS) is 15.4. The Balaban J connectivity index is 1.96. The molecule has 0 bridgehead atoms. The minimum Gasteiger partial charge on any atom is -0.399 e. The summed E-state index contributed by atoms with van der Waals surface area (Å²) < 4.78 is 0. The summed E-state index contributed by atoms with van der Waals surface area (Å²) >= 11 is 0. The Labute approximate surface area is 113 Å². The summed E-state index contributed by atoms with van der Waals surface area (Å²) in [4.78, 5) is 27.4. The Kier molecular flexibility index (Phi) is 4.04. The lowest BCUT2D eigenvalue weighted by molar-refractivity contribution is -0.132. The van der Waals surface area contributed by atoms with Crippen molar-refractivity contribution in [1.29, 1.82) is 0 Å². The number of carbonyl (C=O) groups excluding carboxylic acids is 2. The predicted molar refractivity (Wildman–Crippen MR) is 73.6 cm³/mol. The Morgan fingerprint density at radius 2 is 1.58 bits per heavy atom. The van der Waals surface area contributed by atoms with Crippen LogP contribution in [-0.4, -0.2) is 47.8 Å². The van der Waals surface area contributed by atoms with Gasteiger partial charge in [-0.25, -0.2) is 0 Å². The van der Waals surface area contributed by atoms with Gasteiger partial charge in [-0.15, -0.1) is 0 Å². The fourth-order valence-electron chi connectivity index (χ4n) is 2.19. The molecule has 1 aliphatic heterocycles. The van der Waals surface area contributed by atoms with E-state index in [-0.39, 0.29) is 11.8 Å². The first-order valence-corrected chi connectivity index (χ1v) is 6.54. The van der Waals surface area contributed by atoms with Crippen molar-refractivity contribution >= 4 is 17.5 Å². The van der Waals surface area contributed by atoms with Crippen LogP contribution in [0, 0.1) is 0 Å². The largest absolute Gasteiger partial charge is 0.399 e. The number of nitrogens with two attached hydrogens (primary N) is 1. The van der Waals surface area contributed by atoms with E-state index in [0.29, 0.717) is 43.9 Å². The molecule has 2 rings (SSSR count). The molecular formula is C14H19N3O2. The van der Waals surface area contributed by atoms with Crippen LogP contribution in [0.3, 0.4) is 0 Å². The van der Waals surface area contributed by atoms with E-state index in [1.807, 2.05) is 11.8 Å². The summed E-state index contributed by atoms with van der Waals surface area (Å²) in [6, 6.07) is 6.93. The van der Waals surface area contributed by atoms with Gasteiger partial charge in [0.2, 0.25) is 5.91 Å². The number of anilines is 1. The van der Waals surface area contributed by atoms with Crippen LogP contribution in [0.1, 0.15) is 23.7 Å². The molecule has 5 heteroatoms. The van der Waals surface area contributed by atoms with Crippen LogP contribution in [0.15, 0.2) is 24.3 Å². The van der Waals surface area contributed by atoms with Gasteiger partial charge in [-0.1, -0.05) is 6.92 Å². The third-order valence-electron chi connectivity index (χ3n) is 3.38. The predicted octanol–water partition coefficient (Wildman–Crippen LogP) is 0.963. The van der Waals surface area contributed by atoms with Crippen molar-refractivity contribution in [3.05, 3.63) is 29.8 Å². The minimum atomic E-state index is 0.00333. The summed E-state index contributed by atoms with van der Waals surface area (Å²) in [5.74, 6) is 0.156. The standard InChI is InChI=1S/C14H19N3O2/c1-2-13(18)16-7-9-17(10-8-16)14(19)11-3-5-12(15)6-4-11/h3-6H,2,7-10,15H2,1H3. The maximum atomic E-state index is 12.2. The molecule has 0 atom stereocenters. The number of rotatable bonds is 2. The Morgan fingerprint density at radius 1 is 1.05 bits per heavy atom. The van der Waals surface area contributed by atoms with E-state index in [1.54, 1.807) is 29.2 Å². The van der Waals surface area contributed by atoms with Gasteiger partial charge < -0.3 is 15.5 Å². The molecule has 2 amide bonds. The molecule has 102 valence electrons. The van der Waals surface area contributed by atoms with Gasteiger partial charge in [-0.05, 0) is 24.3 Å². The number of nitrogen functional groups attached to an aromatic ring is 1. The Bertz CT molecular complexity index is 462. The molecule has 1 fully saturated rings. The summed E-state index contributed by atoms with van der Waals surface area (Å²) in [5, 5.41) is 0. The van der Waals surface area contributed by atoms with Crippen molar-refractivity contribution in [2.24, 2.45) is 0 Å². The van der Waals surface area contributed by atoms with Crippen LogP contribution < -0.4 is 5.73 Å². The summed E-state index contributed by atoms with van der Waals surface area (Å²) in [5.41, 5.74) is 6.89. The molecule has 1 heterocycles. The fourth-order valence-corrected chi connectivity index (χ4v) is 2.19. The maximum Gasteiger partial charge on any atom is 0.253 e. The first-order valence-electron chi connectivity index (χ1n) is 6.54. The van der Waals surface area contributed by atoms with Crippen molar-refractivity contribution in [2.75, 3.05) is 31.9 Å². The molecule has 19 heavy (non-hydrogen) atoms. The summed E-state index contributed by atoms with van der Waals surface area (Å²) in [6.07, 6.45) is 0.520. The molecule has 1 aliphatic rings. The van der Waals surface area contributed by atoms with Crippen LogP contribution in [0.25, 0.3) is 0 Å². The summed E-state index contributed by atoms with van der Waals surface area (Å²) in [6.45, 7) is 4.28. The lowest BCUT2D eigenvalue weighted by Crippen LogP contribution is -2.50. The zero-order chi connectivity index (χ0) is 13.8. The number of carbonyl (C=O) groups is 2. The molecule has 1 aromatic rings. The third-order valence-corrected chi connectivity index (χ3v) is 3.38. The van der Waals surface area contributed by atoms with E-state index < -0.39 is 0 Å². The Hall–Kier alpha value is -2.04. The molecule has 0 aliphatic carbocycles. The number of nitrogens with zero attached hydrogens (tertiary/aromatic N) is 2. The number of benzene rings is 1. The first-order chi connectivity index (χ1) is 9.11. The van der Waals surface area contributed by atoms with Crippen molar-refractivity contribution in [2.45, 2.75) is 13.3 Å². The first kappa shape index (κ1) is 13.4. The lowest BCUT2D eigenvalue weighted by Gasteiger charge is -2.34. The van der Waals surface area contributed by atoms with Gasteiger partial charge in [-0.3, -0.25) is 9.59 Å². The second-order valence-corrected chi connectivity index (χ2v) is 4.65. The van der Waals surface area contributed by atoms with Gasteiger partial charge in [0.15, 0.2) is 0 Å². The fraction of sp³-hybridized carbons (Fsp3) is 0.429. The third kappa shape index (κ3) is 3.05. The molecule has 5 nitrogen and oxygen atoms in total. The van der Waals surface area contributed by atoms with Crippen molar-refractivity contribution in [1.82, 2.24) is 9.80 Å². The zero-order valence-corrected chi connectivity index (χ0v) is 11.1. The van der Waals surface area contributed by atoms with Gasteiger partial charge in [0.25, 0.3) is 5.91 Å². The van der Waals surface area contributed by atoms with Crippen LogP contribution >= 0.6 is 0 Å². The maximum absolute atomic E-state index is 12.2. The lowest BCUT2D eigenvalue weighted by atomic mass is 10.1. The highest BCUT2D eigenvalue weighted by atomic mass is 16.2. The molecular weight excluding hydrogens is 242 g/mol. The highest BCUT2D eigenvalue weighted by Gasteiger charge is 2.23. The molecule has 0 spiro atoms. The topological polar surface area (TPSA) is 66.6 Å². The smallest absolute Gasteiger partial charge is 0.253 e. The summed E-state index contributed by atoms with van der Waals surface area (Å²) in [7, 11) is 0. The van der Waals surface area contributed by atoms with E-state index in [1.165, 1.54) is 0 Å². The minimum absolute atomic E-state index is 0.00333. The van der Waals surface area contributed by atoms with Gasteiger partial charge in [0.05, 0.1) is 0 Å². The van der Waals surface area contributed by atoms with E-state index >= 15 is 0 Å². The zero-order valence-electron chi connectivity index (χ0n) is 11.1. The molecule has 0 radical (unpaired) electrons. The number of amides is 2. The average molecular weight is 261 g/mol. The molecule has 2 N–H and O–H groups in total. The second-order valence-electron chi connectivity index (χ2n) is 4.65. The SMILES string of the molecule is CCC(=O)N1CCN(C(=O)c2ccc(N)cc2)CC1. The van der Waals surface area contributed by atoms with E-state index in [9.17, 15) is 9.59 Å². The van der Waals surface area contributed by atoms with E-state index in [0.717, 1.165) is 0 Å². The van der Waals surface area contributed by atoms with Gasteiger partial charge in [0.1, 0.15) is 0 Å². The molecule has 0 saturated carbocycles. The van der Waals surface area contributed by atoms with E-state index in [2.05, 4.69) is 0 Å². The van der Waals surface area contributed by atoms with Crippen molar-refractivity contribution < 1.29 is 9.59 Å². The average Bonchev–Trinajstić information content (AvgIpc) is 2.46. The monoisotopic (exact) mass is 261 g/mol. The second kappa shape index (κ2) is 5.73. The van der Waals surface area contributed by atoms with Crippen molar-refractivity contribution in [3.63, 3.8) is 0 Å². The van der Waals surface area contributed by atoms with Crippen LogP contribution in [0.2, 0.25) is 0 Å². The van der Waals surface area contributed by atoms with Crippen molar-refractivity contribution in [3.8, 4) is 0 Å². The van der Waals surface area contributed by atoms with Gasteiger partial charge >= 0.3 is 0 Å². The highest BCUT2D eigenvalue weighted by molar-refractivity contribution is 5.94. The number of hydrogen-bond acceptors (Lipinski definition) is 3. The van der Waals surface area contributed by atoms with Gasteiger partial charge in [-0.2, -0.15) is 0 Å². The molecule has 1 saturated heterocycles. The van der Waals surface area contributed by atoms with Crippen LogP contribution in [0.4, 0.5) is 5.69 Å². The number of hydrogen-bond donors (Lipinski definition) is 1. The molecule has 0 unspecified atom stereocenters. The van der Waals surface area contributed by atoms with Gasteiger partial charge in [0, 0.05) is 43.9 Å².